The zero-order valence-electron chi connectivity index (χ0n) is 28.5. The normalized spacial score (nSPS) is 16.3. The Morgan fingerprint density at radius 1 is 0.412 bits per heavy atom. The van der Waals surface area contributed by atoms with Crippen LogP contribution in [-0.4, -0.2) is 0 Å². The molecule has 0 saturated heterocycles. The molecule has 8 aromatic rings. The number of allylic oxidation sites excluding steroid dienone is 2. The van der Waals surface area contributed by atoms with Crippen molar-refractivity contribution in [3.05, 3.63) is 191 Å². The molecule has 2 nitrogen and oxygen atoms in total. The summed E-state index contributed by atoms with van der Waals surface area (Å²) in [5, 5.41) is 5.09. The summed E-state index contributed by atoms with van der Waals surface area (Å²) in [7, 11) is 0. The van der Waals surface area contributed by atoms with E-state index in [9.17, 15) is 0 Å². The predicted octanol–water partition coefficient (Wildman–Crippen LogP) is 13.1. The first-order valence-corrected chi connectivity index (χ1v) is 20.5. The number of hydrogen-bond acceptors (Lipinski definition) is 2. The monoisotopic (exact) mass is 732 g/mol. The van der Waals surface area contributed by atoms with E-state index in [0.717, 1.165) is 23.0 Å². The van der Waals surface area contributed by atoms with Crippen LogP contribution >= 0.6 is 0 Å². The number of furan rings is 2. The molecule has 6 aromatic carbocycles. The Morgan fingerprint density at radius 3 is 1.27 bits per heavy atom. The molecule has 0 fully saturated rings. The van der Waals surface area contributed by atoms with Crippen molar-refractivity contribution in [2.24, 2.45) is 0 Å². The molecule has 51 heavy (non-hydrogen) atoms. The number of benzene rings is 6. The van der Waals surface area contributed by atoms with Gasteiger partial charge in [0.05, 0.1) is 0 Å². The molecule has 0 amide bonds. The maximum atomic E-state index is 6.44. The second kappa shape index (κ2) is 12.2. The van der Waals surface area contributed by atoms with Gasteiger partial charge >= 0.3 is 311 Å². The molecule has 0 saturated carbocycles. The van der Waals surface area contributed by atoms with Gasteiger partial charge in [-0.1, -0.05) is 0 Å². The van der Waals surface area contributed by atoms with Crippen molar-refractivity contribution >= 4 is 44.8 Å². The average molecular weight is 734 g/mol. The fourth-order valence-corrected chi connectivity index (χ4v) is 13.3. The molecule has 10 rings (SSSR count). The first kappa shape index (κ1) is 30.6. The molecule has 0 aliphatic heterocycles. The molecule has 3 heteroatoms. The van der Waals surface area contributed by atoms with Gasteiger partial charge in [-0.3, -0.25) is 0 Å². The van der Waals surface area contributed by atoms with Crippen molar-refractivity contribution in [1.82, 2.24) is 0 Å². The summed E-state index contributed by atoms with van der Waals surface area (Å²) in [5.74, 6) is 3.86. The van der Waals surface area contributed by atoms with E-state index in [1.807, 2.05) is 13.8 Å². The summed E-state index contributed by atoms with van der Waals surface area (Å²) in [6.45, 7) is 4.09. The summed E-state index contributed by atoms with van der Waals surface area (Å²) in [5.41, 5.74) is 13.2. The summed E-state index contributed by atoms with van der Waals surface area (Å²) >= 11 is -1.36. The summed E-state index contributed by atoms with van der Waals surface area (Å²) in [6, 6.07) is 53.2. The molecule has 2 atom stereocenters. The van der Waals surface area contributed by atoms with Crippen molar-refractivity contribution in [2.75, 3.05) is 0 Å². The third-order valence-corrected chi connectivity index (χ3v) is 15.4. The first-order chi connectivity index (χ1) is 25.1. The van der Waals surface area contributed by atoms with E-state index in [2.05, 4.69) is 158 Å². The van der Waals surface area contributed by atoms with Gasteiger partial charge in [0, 0.05) is 0 Å². The Balaban J connectivity index is 1.15. The fourth-order valence-electron chi connectivity index (χ4n) is 8.33. The number of rotatable bonds is 6. The number of fused-ring (bicyclic) bond motifs is 4. The molecule has 0 bridgehead atoms. The quantitative estimate of drug-likeness (QED) is 0.170. The van der Waals surface area contributed by atoms with E-state index in [4.69, 9.17) is 8.83 Å². The van der Waals surface area contributed by atoms with Crippen LogP contribution in [0, 0.1) is 13.8 Å². The molecule has 2 heterocycles. The Bertz CT molecular complexity index is 2520. The van der Waals surface area contributed by atoms with E-state index in [1.165, 1.54) is 77.2 Å². The predicted molar refractivity (Wildman–Crippen MR) is 207 cm³/mol. The topological polar surface area (TPSA) is 26.3 Å². The van der Waals surface area contributed by atoms with Gasteiger partial charge in [0.1, 0.15) is 0 Å². The number of aryl methyl sites for hydroxylation is 2. The molecule has 242 valence electrons. The van der Waals surface area contributed by atoms with E-state index < -0.39 is 23.2 Å². The SMILES string of the molecule is Cc1ccc(C2=Cc3c(-c4cccc5ccccc45)cccc3[CH]2[Zr][CH]2C(c3ccc(C)o3)=Cc3c(-c4cccc5ccccc45)cccc32)o1. The molecule has 2 aromatic heterocycles. The minimum atomic E-state index is -1.36. The van der Waals surface area contributed by atoms with Crippen LogP contribution in [0.2, 0.25) is 0 Å². The van der Waals surface area contributed by atoms with Gasteiger partial charge in [-0.2, -0.15) is 0 Å². The Kier molecular flexibility index (Phi) is 7.33. The van der Waals surface area contributed by atoms with Crippen LogP contribution < -0.4 is 0 Å². The molecular weight excluding hydrogens is 700 g/mol. The Hall–Kier alpha value is -5.24. The standard InChI is InChI=1S/2C24H17O.Zr/c2*1-16-12-13-24(25-16)19-14-18-8-5-11-22(23(18)15-19)21-10-4-7-17-6-2-3-9-20(17)21;/h2*2-15H,1H3;. The van der Waals surface area contributed by atoms with Gasteiger partial charge in [-0.05, 0) is 0 Å². The molecule has 2 unspecified atom stereocenters. The van der Waals surface area contributed by atoms with Crippen molar-refractivity contribution < 1.29 is 32.1 Å². The Labute approximate surface area is 309 Å². The third kappa shape index (κ3) is 5.09. The second-order valence-electron chi connectivity index (χ2n) is 13.7. The van der Waals surface area contributed by atoms with Gasteiger partial charge in [0.2, 0.25) is 0 Å². The van der Waals surface area contributed by atoms with Crippen LogP contribution in [0.3, 0.4) is 0 Å². The second-order valence-corrected chi connectivity index (χ2v) is 17.4. The van der Waals surface area contributed by atoms with E-state index >= 15 is 0 Å². The van der Waals surface area contributed by atoms with Crippen LogP contribution in [0.15, 0.2) is 154 Å². The molecular formula is C48H34O2Zr. The van der Waals surface area contributed by atoms with Crippen molar-refractivity contribution in [3.8, 4) is 22.3 Å². The zero-order chi connectivity index (χ0) is 34.1. The zero-order valence-corrected chi connectivity index (χ0v) is 30.9. The summed E-state index contributed by atoms with van der Waals surface area (Å²) in [4.78, 5) is 0. The average Bonchev–Trinajstić information content (AvgIpc) is 3.97. The fraction of sp³-hybridized carbons (Fsp3) is 0.0833. The molecule has 0 radical (unpaired) electrons. The van der Waals surface area contributed by atoms with E-state index in [-0.39, 0.29) is 0 Å². The molecule has 2 aliphatic carbocycles. The molecule has 0 spiro atoms. The van der Waals surface area contributed by atoms with Crippen molar-refractivity contribution in [3.63, 3.8) is 0 Å². The minimum absolute atomic E-state index is 0.292. The Morgan fingerprint density at radius 2 is 0.824 bits per heavy atom. The van der Waals surface area contributed by atoms with Gasteiger partial charge in [0.15, 0.2) is 0 Å². The third-order valence-electron chi connectivity index (χ3n) is 10.7. The van der Waals surface area contributed by atoms with Crippen LogP contribution in [0.1, 0.15) is 52.5 Å². The van der Waals surface area contributed by atoms with Crippen LogP contribution in [0.4, 0.5) is 0 Å². The van der Waals surface area contributed by atoms with Gasteiger partial charge in [-0.25, -0.2) is 0 Å². The summed E-state index contributed by atoms with van der Waals surface area (Å²) < 4.78 is 13.5. The van der Waals surface area contributed by atoms with Gasteiger partial charge in [-0.15, -0.1) is 0 Å². The van der Waals surface area contributed by atoms with Crippen LogP contribution in [-0.2, 0) is 23.2 Å². The first-order valence-electron chi connectivity index (χ1n) is 17.7. The van der Waals surface area contributed by atoms with Crippen molar-refractivity contribution in [2.45, 2.75) is 21.1 Å². The van der Waals surface area contributed by atoms with E-state index in [1.54, 1.807) is 0 Å². The van der Waals surface area contributed by atoms with Crippen LogP contribution in [0.25, 0.3) is 67.1 Å². The summed E-state index contributed by atoms with van der Waals surface area (Å²) in [6.07, 6.45) is 4.89. The van der Waals surface area contributed by atoms with Gasteiger partial charge < -0.3 is 0 Å². The number of hydrogen-bond donors (Lipinski definition) is 0. The van der Waals surface area contributed by atoms with Gasteiger partial charge in [0.25, 0.3) is 0 Å². The van der Waals surface area contributed by atoms with E-state index in [0.29, 0.717) is 7.25 Å². The molecule has 2 aliphatic rings. The van der Waals surface area contributed by atoms with Crippen LogP contribution in [0.5, 0.6) is 0 Å². The maximum absolute atomic E-state index is 6.44. The molecule has 0 N–H and O–H groups in total. The van der Waals surface area contributed by atoms with Crippen molar-refractivity contribution in [1.29, 1.82) is 0 Å².